The normalized spacial score (nSPS) is 12.1. The number of ether oxygens (including phenoxy) is 3. The van der Waals surface area contributed by atoms with E-state index in [1.54, 1.807) is 64.1 Å². The van der Waals surface area contributed by atoms with Gasteiger partial charge in [-0.2, -0.15) is 0 Å². The van der Waals surface area contributed by atoms with Crippen LogP contribution < -0.4 is 16.4 Å². The van der Waals surface area contributed by atoms with Crippen molar-refractivity contribution in [1.29, 1.82) is 0 Å². The van der Waals surface area contributed by atoms with Gasteiger partial charge in [0.25, 0.3) is 0 Å². The first kappa shape index (κ1) is 36.9. The van der Waals surface area contributed by atoms with Crippen LogP contribution >= 0.6 is 0 Å². The van der Waals surface area contributed by atoms with Crippen molar-refractivity contribution in [1.82, 2.24) is 15.5 Å². The van der Waals surface area contributed by atoms with E-state index in [1.807, 2.05) is 36.4 Å². The van der Waals surface area contributed by atoms with Gasteiger partial charge in [-0.15, -0.1) is 0 Å². The highest BCUT2D eigenvalue weighted by atomic mass is 16.6. The van der Waals surface area contributed by atoms with Crippen molar-refractivity contribution in [2.24, 2.45) is 10.7 Å². The number of guanidine groups is 1. The Kier molecular flexibility index (Phi) is 13.8. The maximum absolute atomic E-state index is 13.4. The average Bonchev–Trinajstić information content (AvgIpc) is 3.04. The smallest absolute Gasteiger partial charge is 0.414 e. The second kappa shape index (κ2) is 17.9. The first-order valence-electron chi connectivity index (χ1n) is 15.4. The molecule has 3 rings (SSSR count). The molecule has 0 saturated carbocycles. The topological polar surface area (TPSA) is 182 Å². The molecular formula is C35H43N5O8. The molecule has 3 aromatic carbocycles. The van der Waals surface area contributed by atoms with Gasteiger partial charge < -0.3 is 25.1 Å². The molecule has 0 fully saturated rings. The Morgan fingerprint density at radius 3 is 1.79 bits per heavy atom. The van der Waals surface area contributed by atoms with E-state index in [2.05, 4.69) is 15.6 Å². The Bertz CT molecular complexity index is 1470. The second-order valence-corrected chi connectivity index (χ2v) is 11.8. The number of rotatable bonds is 12. The van der Waals surface area contributed by atoms with Gasteiger partial charge >= 0.3 is 18.3 Å². The van der Waals surface area contributed by atoms with E-state index in [0.717, 1.165) is 11.1 Å². The number of nitrogens with zero attached hydrogens (tertiary/aromatic N) is 2. The van der Waals surface area contributed by atoms with E-state index in [-0.39, 0.29) is 44.3 Å². The standard InChI is InChI=1S/C35H43N5O8/c1-24(27-17-19-28(41)20-18-27)40(34(45)48-35(2,3)4)29(30(36)42)16-11-21-37-31(38-32(43)46-22-25-12-7-5-8-13-25)39-33(44)47-23-26-14-9-6-10-15-26/h5-10,12-15,17-20,24,29,41H,11,16,21-23H2,1-4H3,(H2,36,42)(H2,37,38,39,43,44)/t24-,29-/m1/s1. The largest absolute Gasteiger partial charge is 0.508 e. The molecule has 0 aliphatic heterocycles. The van der Waals surface area contributed by atoms with E-state index in [0.29, 0.717) is 5.56 Å². The molecule has 256 valence electrons. The molecule has 0 aromatic heterocycles. The maximum atomic E-state index is 13.4. The van der Waals surface area contributed by atoms with E-state index in [9.17, 15) is 24.3 Å². The zero-order valence-corrected chi connectivity index (χ0v) is 27.5. The van der Waals surface area contributed by atoms with Gasteiger partial charge in [-0.3, -0.25) is 25.3 Å². The number of amides is 4. The number of carbonyl (C=O) groups excluding carboxylic acids is 4. The first-order valence-corrected chi connectivity index (χ1v) is 15.4. The fraction of sp³-hybridized carbons (Fsp3) is 0.343. The van der Waals surface area contributed by atoms with Crippen molar-refractivity contribution in [2.75, 3.05) is 6.54 Å². The van der Waals surface area contributed by atoms with Gasteiger partial charge in [-0.25, -0.2) is 14.4 Å². The molecule has 3 aromatic rings. The predicted octanol–water partition coefficient (Wildman–Crippen LogP) is 5.53. The van der Waals surface area contributed by atoms with Crippen LogP contribution in [0, 0.1) is 0 Å². The minimum absolute atomic E-state index is 0.00674. The number of alkyl carbamates (subject to hydrolysis) is 2. The summed E-state index contributed by atoms with van der Waals surface area (Å²) in [5.41, 5.74) is 7.11. The molecular weight excluding hydrogens is 618 g/mol. The van der Waals surface area contributed by atoms with Crippen LogP contribution in [0.3, 0.4) is 0 Å². The van der Waals surface area contributed by atoms with Gasteiger partial charge in [0.15, 0.2) is 0 Å². The van der Waals surface area contributed by atoms with E-state index >= 15 is 0 Å². The number of hydrogen-bond donors (Lipinski definition) is 4. The van der Waals surface area contributed by atoms with Crippen LogP contribution in [-0.2, 0) is 32.2 Å². The highest BCUT2D eigenvalue weighted by Gasteiger charge is 2.35. The molecule has 0 spiro atoms. The maximum Gasteiger partial charge on any atom is 0.414 e. The number of hydrogen-bond acceptors (Lipinski definition) is 9. The summed E-state index contributed by atoms with van der Waals surface area (Å²) in [6.07, 6.45) is -2.20. The summed E-state index contributed by atoms with van der Waals surface area (Å²) in [5.74, 6) is -0.950. The molecule has 13 nitrogen and oxygen atoms in total. The van der Waals surface area contributed by atoms with Crippen molar-refractivity contribution in [3.8, 4) is 5.75 Å². The summed E-state index contributed by atoms with van der Waals surface area (Å²) in [6.45, 7) is 6.82. The first-order chi connectivity index (χ1) is 22.8. The van der Waals surface area contributed by atoms with Crippen LogP contribution in [0.1, 0.15) is 63.3 Å². The zero-order valence-electron chi connectivity index (χ0n) is 27.5. The van der Waals surface area contributed by atoms with Gasteiger partial charge in [-0.05, 0) is 69.4 Å². The fourth-order valence-electron chi connectivity index (χ4n) is 4.50. The number of aliphatic imine (C=N–C) groups is 1. The number of carbonyl (C=O) groups is 4. The fourth-order valence-corrected chi connectivity index (χ4v) is 4.50. The van der Waals surface area contributed by atoms with Crippen molar-refractivity contribution in [3.05, 3.63) is 102 Å². The van der Waals surface area contributed by atoms with E-state index in [1.165, 1.54) is 17.0 Å². The van der Waals surface area contributed by atoms with Gasteiger partial charge in [0, 0.05) is 6.54 Å². The number of phenolic OH excluding ortho intramolecular Hbond substituents is 1. The summed E-state index contributed by atoms with van der Waals surface area (Å²) in [5, 5.41) is 14.6. The molecule has 0 bridgehead atoms. The lowest BCUT2D eigenvalue weighted by Crippen LogP contribution is -2.50. The molecule has 0 unspecified atom stereocenters. The van der Waals surface area contributed by atoms with Gasteiger partial charge in [0.1, 0.15) is 30.6 Å². The van der Waals surface area contributed by atoms with Crippen molar-refractivity contribution in [2.45, 2.75) is 71.4 Å². The third-order valence-corrected chi connectivity index (χ3v) is 6.83. The minimum atomic E-state index is -1.10. The lowest BCUT2D eigenvalue weighted by atomic mass is 10.0. The number of phenols is 1. The quantitative estimate of drug-likeness (QED) is 0.0845. The summed E-state index contributed by atoms with van der Waals surface area (Å²) < 4.78 is 16.1. The molecule has 5 N–H and O–H groups in total. The Morgan fingerprint density at radius 2 is 1.33 bits per heavy atom. The van der Waals surface area contributed by atoms with Crippen molar-refractivity contribution in [3.63, 3.8) is 0 Å². The van der Waals surface area contributed by atoms with Crippen LogP contribution in [0.25, 0.3) is 0 Å². The van der Waals surface area contributed by atoms with E-state index < -0.39 is 41.9 Å². The number of primary amides is 1. The molecule has 0 radical (unpaired) electrons. The SMILES string of the molecule is C[C@H](c1ccc(O)cc1)N(C(=O)OC(C)(C)C)[C@H](CCCN=C(NC(=O)OCc1ccccc1)NC(=O)OCc1ccccc1)C(N)=O. The Morgan fingerprint density at radius 1 is 0.833 bits per heavy atom. The lowest BCUT2D eigenvalue weighted by molar-refractivity contribution is -0.124. The highest BCUT2D eigenvalue weighted by Crippen LogP contribution is 2.28. The molecule has 48 heavy (non-hydrogen) atoms. The summed E-state index contributed by atoms with van der Waals surface area (Å²) in [6, 6.07) is 22.5. The zero-order chi connectivity index (χ0) is 35.1. The summed E-state index contributed by atoms with van der Waals surface area (Å²) in [7, 11) is 0. The van der Waals surface area contributed by atoms with Crippen molar-refractivity contribution >= 4 is 30.1 Å². The third-order valence-electron chi connectivity index (χ3n) is 6.83. The Hall–Kier alpha value is -5.59. The molecule has 0 saturated heterocycles. The Labute approximate surface area is 280 Å². The van der Waals surface area contributed by atoms with Crippen LogP contribution in [0.2, 0.25) is 0 Å². The van der Waals surface area contributed by atoms with Crippen LogP contribution in [-0.4, -0.2) is 58.3 Å². The predicted molar refractivity (Wildman–Crippen MR) is 179 cm³/mol. The molecule has 4 amide bonds. The number of benzene rings is 3. The monoisotopic (exact) mass is 661 g/mol. The minimum Gasteiger partial charge on any atom is -0.508 e. The summed E-state index contributed by atoms with van der Waals surface area (Å²) in [4.78, 5) is 56.9. The van der Waals surface area contributed by atoms with Gasteiger partial charge in [0.05, 0.1) is 6.04 Å². The highest BCUT2D eigenvalue weighted by molar-refractivity contribution is 6.01. The molecule has 13 heteroatoms. The van der Waals surface area contributed by atoms with Gasteiger partial charge in [-0.1, -0.05) is 72.8 Å². The van der Waals surface area contributed by atoms with Gasteiger partial charge in [0.2, 0.25) is 11.9 Å². The van der Waals surface area contributed by atoms with Crippen molar-refractivity contribution < 1.29 is 38.5 Å². The molecule has 2 atom stereocenters. The molecule has 0 aliphatic carbocycles. The second-order valence-electron chi connectivity index (χ2n) is 11.8. The van der Waals surface area contributed by atoms with Crippen LogP contribution in [0.5, 0.6) is 5.75 Å². The number of nitrogens with two attached hydrogens (primary N) is 1. The van der Waals surface area contributed by atoms with Crippen LogP contribution in [0.15, 0.2) is 89.9 Å². The van der Waals surface area contributed by atoms with Crippen LogP contribution in [0.4, 0.5) is 14.4 Å². The average molecular weight is 662 g/mol. The summed E-state index contributed by atoms with van der Waals surface area (Å²) >= 11 is 0. The molecule has 0 aliphatic rings. The lowest BCUT2D eigenvalue weighted by Gasteiger charge is -2.36. The van der Waals surface area contributed by atoms with E-state index in [4.69, 9.17) is 19.9 Å². The third kappa shape index (κ3) is 12.7. The molecule has 0 heterocycles. The number of aromatic hydroxyl groups is 1. The Balaban J connectivity index is 1.73. The number of nitrogens with one attached hydrogen (secondary N) is 2.